The Hall–Kier alpha value is -3.64. The van der Waals surface area contributed by atoms with Gasteiger partial charge in [0, 0.05) is 39.8 Å². The molecule has 2 heterocycles. The minimum absolute atomic E-state index is 0.0502. The highest BCUT2D eigenvalue weighted by Crippen LogP contribution is 2.39. The van der Waals surface area contributed by atoms with Crippen molar-refractivity contribution in [2.24, 2.45) is 4.99 Å². The summed E-state index contributed by atoms with van der Waals surface area (Å²) < 4.78 is 2.19. The highest BCUT2D eigenvalue weighted by molar-refractivity contribution is 7.15. The molecule has 0 spiro atoms. The Kier molecular flexibility index (Phi) is 6.31. The van der Waals surface area contributed by atoms with E-state index in [0.717, 1.165) is 64.4 Å². The van der Waals surface area contributed by atoms with Crippen LogP contribution < -0.4 is 5.32 Å². The number of benzene rings is 2. The first-order chi connectivity index (χ1) is 16.9. The number of nitrogens with zero attached hydrogens (tertiary/aromatic N) is 2. The van der Waals surface area contributed by atoms with Gasteiger partial charge in [0.1, 0.15) is 10.8 Å². The fourth-order valence-corrected chi connectivity index (χ4v) is 6.22. The number of fused-ring (bicyclic) bond motifs is 1. The maximum absolute atomic E-state index is 13.6. The van der Waals surface area contributed by atoms with Gasteiger partial charge in [0.05, 0.1) is 11.3 Å². The molecule has 0 unspecified atom stereocenters. The molecule has 2 aromatic heterocycles. The third-order valence-corrected chi connectivity index (χ3v) is 7.82. The smallest absolute Gasteiger partial charge is 0.258 e. The van der Waals surface area contributed by atoms with Crippen LogP contribution in [0.3, 0.4) is 0 Å². The number of anilines is 1. The molecule has 1 aliphatic carbocycles. The van der Waals surface area contributed by atoms with Gasteiger partial charge in [-0.15, -0.1) is 11.3 Å². The van der Waals surface area contributed by atoms with Crippen LogP contribution in [-0.2, 0) is 12.8 Å². The zero-order chi connectivity index (χ0) is 24.5. The van der Waals surface area contributed by atoms with Crippen LogP contribution in [0.25, 0.3) is 5.00 Å². The Morgan fingerprint density at radius 3 is 2.60 bits per heavy atom. The third kappa shape index (κ3) is 4.66. The molecule has 6 heteroatoms. The van der Waals surface area contributed by atoms with E-state index < -0.39 is 0 Å². The molecule has 4 aromatic rings. The van der Waals surface area contributed by atoms with Crippen molar-refractivity contribution >= 4 is 34.8 Å². The second-order valence-corrected chi connectivity index (χ2v) is 10.2. The van der Waals surface area contributed by atoms with Crippen molar-refractivity contribution in [1.29, 1.82) is 0 Å². The van der Waals surface area contributed by atoms with Gasteiger partial charge in [-0.05, 0) is 82.3 Å². The van der Waals surface area contributed by atoms with E-state index in [4.69, 9.17) is 0 Å². The van der Waals surface area contributed by atoms with Gasteiger partial charge < -0.3 is 15.0 Å². The van der Waals surface area contributed by atoms with Crippen LogP contribution in [0.5, 0.6) is 5.75 Å². The number of aromatic nitrogens is 1. The zero-order valence-electron chi connectivity index (χ0n) is 20.3. The molecule has 1 amide bonds. The molecule has 0 atom stereocenters. The molecule has 0 aliphatic heterocycles. The van der Waals surface area contributed by atoms with Gasteiger partial charge in [-0.1, -0.05) is 23.8 Å². The van der Waals surface area contributed by atoms with Crippen molar-refractivity contribution < 1.29 is 9.90 Å². The van der Waals surface area contributed by atoms with Crippen LogP contribution in [0.4, 0.5) is 11.4 Å². The van der Waals surface area contributed by atoms with Crippen LogP contribution in [0, 0.1) is 20.8 Å². The number of amides is 1. The maximum atomic E-state index is 13.6. The number of hydrogen-bond donors (Lipinski definition) is 2. The molecule has 35 heavy (non-hydrogen) atoms. The van der Waals surface area contributed by atoms with E-state index in [1.54, 1.807) is 29.5 Å². The number of phenols is 1. The molecule has 0 radical (unpaired) electrons. The SMILES string of the molecule is Cc1ccc(NC(=O)c2c(-n3c(C)cc(C=Nc4cccc(O)c4)c3C)sc3c2CCCC3)cc1. The van der Waals surface area contributed by atoms with Crippen LogP contribution in [0.1, 0.15) is 56.2 Å². The lowest BCUT2D eigenvalue weighted by Gasteiger charge is -2.14. The van der Waals surface area contributed by atoms with Crippen LogP contribution in [0.15, 0.2) is 59.6 Å². The Labute approximate surface area is 209 Å². The van der Waals surface area contributed by atoms with Gasteiger partial charge in [0.15, 0.2) is 0 Å². The van der Waals surface area contributed by atoms with Crippen molar-refractivity contribution in [3.8, 4) is 10.8 Å². The minimum Gasteiger partial charge on any atom is -0.508 e. The number of thiophene rings is 1. The lowest BCUT2D eigenvalue weighted by atomic mass is 9.95. The summed E-state index contributed by atoms with van der Waals surface area (Å²) in [6, 6.07) is 16.9. The average molecular weight is 484 g/mol. The van der Waals surface area contributed by atoms with Gasteiger partial charge in [0.25, 0.3) is 5.91 Å². The number of aliphatic imine (C=N–C) groups is 1. The fraction of sp³-hybridized carbons (Fsp3) is 0.241. The molecule has 0 saturated heterocycles. The van der Waals surface area contributed by atoms with Gasteiger partial charge in [-0.2, -0.15) is 0 Å². The van der Waals surface area contributed by atoms with Crippen molar-refractivity contribution in [2.45, 2.75) is 46.5 Å². The normalized spacial score (nSPS) is 13.2. The molecular formula is C29H29N3O2S. The number of phenolic OH excluding ortho intramolecular Hbond substituents is 1. The predicted molar refractivity (Wildman–Crippen MR) is 144 cm³/mol. The minimum atomic E-state index is -0.0502. The van der Waals surface area contributed by atoms with Gasteiger partial charge in [-0.25, -0.2) is 0 Å². The first-order valence-electron chi connectivity index (χ1n) is 12.0. The second-order valence-electron chi connectivity index (χ2n) is 9.15. The molecule has 0 bridgehead atoms. The molecule has 0 saturated carbocycles. The molecule has 1 aliphatic rings. The number of aryl methyl sites for hydroxylation is 3. The van der Waals surface area contributed by atoms with E-state index >= 15 is 0 Å². The van der Waals surface area contributed by atoms with Crippen molar-refractivity contribution in [2.75, 3.05) is 5.32 Å². The average Bonchev–Trinajstić information content (AvgIpc) is 3.35. The van der Waals surface area contributed by atoms with Gasteiger partial charge >= 0.3 is 0 Å². The van der Waals surface area contributed by atoms with Crippen molar-refractivity contribution in [3.63, 3.8) is 0 Å². The van der Waals surface area contributed by atoms with E-state index in [0.29, 0.717) is 5.69 Å². The Balaban J connectivity index is 1.55. The Bertz CT molecular complexity index is 1430. The summed E-state index contributed by atoms with van der Waals surface area (Å²) in [4.78, 5) is 19.5. The lowest BCUT2D eigenvalue weighted by Crippen LogP contribution is -2.17. The monoisotopic (exact) mass is 483 g/mol. The number of hydrogen-bond acceptors (Lipinski definition) is 4. The van der Waals surface area contributed by atoms with Crippen LogP contribution >= 0.6 is 11.3 Å². The van der Waals surface area contributed by atoms with Crippen molar-refractivity contribution in [3.05, 3.63) is 93.1 Å². The van der Waals surface area contributed by atoms with Crippen LogP contribution in [-0.4, -0.2) is 21.8 Å². The summed E-state index contributed by atoms with van der Waals surface area (Å²) in [7, 11) is 0. The molecule has 2 aromatic carbocycles. The zero-order valence-corrected chi connectivity index (χ0v) is 21.1. The molecule has 178 valence electrons. The maximum Gasteiger partial charge on any atom is 0.258 e. The van der Waals surface area contributed by atoms with Crippen LogP contribution in [0.2, 0.25) is 0 Å². The number of nitrogens with one attached hydrogen (secondary N) is 1. The molecular weight excluding hydrogens is 454 g/mol. The van der Waals surface area contributed by atoms with E-state index in [1.165, 1.54) is 10.4 Å². The summed E-state index contributed by atoms with van der Waals surface area (Å²) in [6.07, 6.45) is 6.06. The summed E-state index contributed by atoms with van der Waals surface area (Å²) in [5.74, 6) is 0.143. The largest absolute Gasteiger partial charge is 0.508 e. The van der Waals surface area contributed by atoms with Gasteiger partial charge in [-0.3, -0.25) is 9.79 Å². The Morgan fingerprint density at radius 1 is 1.06 bits per heavy atom. The Morgan fingerprint density at radius 2 is 1.83 bits per heavy atom. The van der Waals surface area contributed by atoms with Crippen molar-refractivity contribution in [1.82, 2.24) is 4.57 Å². The summed E-state index contributed by atoms with van der Waals surface area (Å²) in [5.41, 5.74) is 7.74. The quantitative estimate of drug-likeness (QED) is 0.299. The third-order valence-electron chi connectivity index (χ3n) is 6.55. The predicted octanol–water partition coefficient (Wildman–Crippen LogP) is 7.05. The summed E-state index contributed by atoms with van der Waals surface area (Å²) in [5, 5.41) is 13.8. The molecule has 5 rings (SSSR count). The summed E-state index contributed by atoms with van der Waals surface area (Å²) in [6.45, 7) is 6.17. The standard InChI is InChI=1S/C29H29N3O2S/c1-18-11-13-22(14-12-18)31-28(34)27-25-9-4-5-10-26(25)35-29(27)32-19(2)15-21(20(32)3)17-30-23-7-6-8-24(33)16-23/h6-8,11-17,33H,4-5,9-10H2,1-3H3,(H,31,34). The highest BCUT2D eigenvalue weighted by Gasteiger charge is 2.28. The van der Waals surface area contributed by atoms with E-state index in [-0.39, 0.29) is 11.7 Å². The number of aromatic hydroxyl groups is 1. The molecule has 5 nitrogen and oxygen atoms in total. The van der Waals surface area contributed by atoms with E-state index in [9.17, 15) is 9.90 Å². The molecule has 2 N–H and O–H groups in total. The lowest BCUT2D eigenvalue weighted by molar-refractivity contribution is 0.102. The molecule has 0 fully saturated rings. The number of carbonyl (C=O) groups excluding carboxylic acids is 1. The topological polar surface area (TPSA) is 66.6 Å². The van der Waals surface area contributed by atoms with E-state index in [1.807, 2.05) is 43.5 Å². The summed E-state index contributed by atoms with van der Waals surface area (Å²) >= 11 is 1.74. The van der Waals surface area contributed by atoms with Gasteiger partial charge in [0.2, 0.25) is 0 Å². The second kappa shape index (κ2) is 9.55. The highest BCUT2D eigenvalue weighted by atomic mass is 32.1. The van der Waals surface area contributed by atoms with E-state index in [2.05, 4.69) is 34.8 Å². The number of carbonyl (C=O) groups is 1. The number of rotatable bonds is 5. The first kappa shape index (κ1) is 23.1. The fourth-order valence-electron chi connectivity index (χ4n) is 4.72. The first-order valence-corrected chi connectivity index (χ1v) is 12.8.